The van der Waals surface area contributed by atoms with E-state index in [2.05, 4.69) is 0 Å². The molecule has 2 N–H and O–H groups in total. The van der Waals surface area contributed by atoms with E-state index in [0.717, 1.165) is 5.56 Å². The van der Waals surface area contributed by atoms with Crippen LogP contribution in [0, 0.1) is 0 Å². The Morgan fingerprint density at radius 1 is 1.30 bits per heavy atom. The molecule has 0 bridgehead atoms. The molecule has 0 amide bonds. The average Bonchev–Trinajstić information content (AvgIpc) is 2.41. The molecule has 1 aliphatic heterocycles. The van der Waals surface area contributed by atoms with Gasteiger partial charge in [-0.25, -0.2) is 8.42 Å². The Balaban J connectivity index is 2.29. The Bertz CT molecular complexity index is 554. The van der Waals surface area contributed by atoms with E-state index in [1.54, 1.807) is 24.3 Å². The van der Waals surface area contributed by atoms with Crippen molar-refractivity contribution in [2.75, 3.05) is 13.2 Å². The first kappa shape index (κ1) is 15.4. The number of ether oxygens (including phenoxy) is 1. The molecule has 6 heteroatoms. The first-order valence-corrected chi connectivity index (χ1v) is 8.25. The summed E-state index contributed by atoms with van der Waals surface area (Å²) < 4.78 is 32.3. The molecular weight excluding hydrogens is 276 g/mol. The first-order chi connectivity index (χ1) is 9.32. The van der Waals surface area contributed by atoms with Crippen molar-refractivity contribution in [3.63, 3.8) is 0 Å². The van der Waals surface area contributed by atoms with Crippen LogP contribution in [0.5, 0.6) is 0 Å². The maximum Gasteiger partial charge on any atom is 0.243 e. The van der Waals surface area contributed by atoms with Crippen LogP contribution in [0.3, 0.4) is 0 Å². The van der Waals surface area contributed by atoms with Crippen LogP contribution in [0.2, 0.25) is 0 Å². The second-order valence-corrected chi connectivity index (χ2v) is 7.32. The lowest BCUT2D eigenvalue weighted by Crippen LogP contribution is -2.50. The van der Waals surface area contributed by atoms with Crippen molar-refractivity contribution in [2.45, 2.75) is 43.9 Å². The summed E-state index contributed by atoms with van der Waals surface area (Å²) in [7, 11) is -3.47. The van der Waals surface area contributed by atoms with Crippen molar-refractivity contribution < 1.29 is 13.2 Å². The molecule has 1 heterocycles. The van der Waals surface area contributed by atoms with Crippen LogP contribution in [0.4, 0.5) is 0 Å². The standard InChI is InChI=1S/C14H22N2O3S/c1-10-9-19-11(2)8-16(10)20(17,18)14-6-4-13(5-7-14)12(3)15/h4-7,10-12H,8-9,15H2,1-3H3. The first-order valence-electron chi connectivity index (χ1n) is 6.81. The molecule has 2 rings (SSSR count). The maximum atomic E-state index is 12.7. The Morgan fingerprint density at radius 2 is 1.90 bits per heavy atom. The van der Waals surface area contributed by atoms with Crippen LogP contribution >= 0.6 is 0 Å². The molecule has 0 spiro atoms. The van der Waals surface area contributed by atoms with Crippen molar-refractivity contribution in [3.8, 4) is 0 Å². The third-order valence-electron chi connectivity index (χ3n) is 3.56. The monoisotopic (exact) mass is 298 g/mol. The van der Waals surface area contributed by atoms with Gasteiger partial charge in [0, 0.05) is 18.6 Å². The number of sulfonamides is 1. The van der Waals surface area contributed by atoms with Crippen LogP contribution in [0.15, 0.2) is 29.2 Å². The van der Waals surface area contributed by atoms with Gasteiger partial charge in [-0.1, -0.05) is 12.1 Å². The topological polar surface area (TPSA) is 72.6 Å². The summed E-state index contributed by atoms with van der Waals surface area (Å²) in [5.74, 6) is 0. The summed E-state index contributed by atoms with van der Waals surface area (Å²) in [5, 5.41) is 0. The van der Waals surface area contributed by atoms with Gasteiger partial charge in [-0.3, -0.25) is 0 Å². The van der Waals surface area contributed by atoms with Gasteiger partial charge in [0.15, 0.2) is 0 Å². The lowest BCUT2D eigenvalue weighted by molar-refractivity contribution is -0.0170. The Morgan fingerprint density at radius 3 is 2.45 bits per heavy atom. The van der Waals surface area contributed by atoms with Gasteiger partial charge in [0.05, 0.1) is 17.6 Å². The molecule has 20 heavy (non-hydrogen) atoms. The van der Waals surface area contributed by atoms with E-state index >= 15 is 0 Å². The highest BCUT2D eigenvalue weighted by Crippen LogP contribution is 2.23. The van der Waals surface area contributed by atoms with Crippen molar-refractivity contribution in [2.24, 2.45) is 5.73 Å². The highest BCUT2D eigenvalue weighted by Gasteiger charge is 2.34. The van der Waals surface area contributed by atoms with Gasteiger partial charge in [0.2, 0.25) is 10.0 Å². The van der Waals surface area contributed by atoms with Crippen LogP contribution in [-0.2, 0) is 14.8 Å². The van der Waals surface area contributed by atoms with E-state index in [0.29, 0.717) is 18.0 Å². The normalized spacial score (nSPS) is 26.4. The number of hydrogen-bond donors (Lipinski definition) is 1. The number of rotatable bonds is 3. The molecule has 1 fully saturated rings. The summed E-state index contributed by atoms with van der Waals surface area (Å²) in [6.07, 6.45) is -0.0793. The fraction of sp³-hybridized carbons (Fsp3) is 0.571. The van der Waals surface area contributed by atoms with Gasteiger partial charge in [0.25, 0.3) is 0 Å². The van der Waals surface area contributed by atoms with Gasteiger partial charge in [0.1, 0.15) is 0 Å². The highest BCUT2D eigenvalue weighted by molar-refractivity contribution is 7.89. The van der Waals surface area contributed by atoms with Crippen molar-refractivity contribution >= 4 is 10.0 Å². The number of nitrogens with zero attached hydrogens (tertiary/aromatic N) is 1. The SMILES string of the molecule is CC1CN(S(=O)(=O)c2ccc(C(C)N)cc2)C(C)CO1. The summed E-state index contributed by atoms with van der Waals surface area (Å²) in [6, 6.07) is 6.54. The second-order valence-electron chi connectivity index (χ2n) is 5.43. The Hall–Kier alpha value is -0.950. The van der Waals surface area contributed by atoms with E-state index in [4.69, 9.17) is 10.5 Å². The lowest BCUT2D eigenvalue weighted by Gasteiger charge is -2.35. The zero-order valence-corrected chi connectivity index (χ0v) is 12.9. The predicted octanol–water partition coefficient (Wildman–Crippen LogP) is 1.50. The van der Waals surface area contributed by atoms with Crippen LogP contribution in [-0.4, -0.2) is 38.0 Å². The fourth-order valence-electron chi connectivity index (χ4n) is 2.29. The van der Waals surface area contributed by atoms with Crippen molar-refractivity contribution in [1.29, 1.82) is 0 Å². The molecule has 0 aliphatic carbocycles. The number of nitrogens with two attached hydrogens (primary N) is 1. The average molecular weight is 298 g/mol. The van der Waals surface area contributed by atoms with Crippen LogP contribution in [0.25, 0.3) is 0 Å². The highest BCUT2D eigenvalue weighted by atomic mass is 32.2. The molecule has 3 unspecified atom stereocenters. The zero-order valence-electron chi connectivity index (χ0n) is 12.1. The smallest absolute Gasteiger partial charge is 0.243 e. The molecule has 5 nitrogen and oxygen atoms in total. The second kappa shape index (κ2) is 5.81. The van der Waals surface area contributed by atoms with E-state index < -0.39 is 10.0 Å². The number of benzene rings is 1. The molecule has 1 aromatic carbocycles. The summed E-state index contributed by atoms with van der Waals surface area (Å²) in [5.41, 5.74) is 6.70. The van der Waals surface area contributed by atoms with Gasteiger partial charge in [-0.15, -0.1) is 0 Å². The minimum Gasteiger partial charge on any atom is -0.375 e. The van der Waals surface area contributed by atoms with Gasteiger partial charge < -0.3 is 10.5 Å². The van der Waals surface area contributed by atoms with E-state index in [1.165, 1.54) is 4.31 Å². The molecule has 1 aromatic rings. The lowest BCUT2D eigenvalue weighted by atomic mass is 10.1. The number of morpholine rings is 1. The third-order valence-corrected chi connectivity index (χ3v) is 5.56. The molecular formula is C14H22N2O3S. The molecule has 3 atom stereocenters. The summed E-state index contributed by atoms with van der Waals surface area (Å²) in [4.78, 5) is 0.308. The minimum absolute atomic E-state index is 0.0793. The molecule has 1 saturated heterocycles. The van der Waals surface area contributed by atoms with E-state index in [9.17, 15) is 8.42 Å². The van der Waals surface area contributed by atoms with Gasteiger partial charge in [-0.05, 0) is 38.5 Å². The zero-order chi connectivity index (χ0) is 14.9. The van der Waals surface area contributed by atoms with Gasteiger partial charge in [-0.2, -0.15) is 4.31 Å². The van der Waals surface area contributed by atoms with Crippen molar-refractivity contribution in [3.05, 3.63) is 29.8 Å². The Kier molecular flexibility index (Phi) is 4.49. The van der Waals surface area contributed by atoms with Gasteiger partial charge >= 0.3 is 0 Å². The van der Waals surface area contributed by atoms with Crippen LogP contribution < -0.4 is 5.73 Å². The maximum absolute atomic E-state index is 12.7. The molecule has 0 radical (unpaired) electrons. The third kappa shape index (κ3) is 3.03. The van der Waals surface area contributed by atoms with E-state index in [-0.39, 0.29) is 18.2 Å². The molecule has 0 aromatic heterocycles. The van der Waals surface area contributed by atoms with Crippen molar-refractivity contribution in [1.82, 2.24) is 4.31 Å². The minimum atomic E-state index is -3.47. The fourth-order valence-corrected chi connectivity index (χ4v) is 3.98. The quantitative estimate of drug-likeness (QED) is 0.918. The number of hydrogen-bond acceptors (Lipinski definition) is 4. The van der Waals surface area contributed by atoms with Crippen LogP contribution in [0.1, 0.15) is 32.4 Å². The summed E-state index contributed by atoms with van der Waals surface area (Å²) in [6.45, 7) is 6.43. The predicted molar refractivity (Wildman–Crippen MR) is 77.8 cm³/mol. The molecule has 1 aliphatic rings. The summed E-state index contributed by atoms with van der Waals surface area (Å²) >= 11 is 0. The molecule has 0 saturated carbocycles. The molecule has 112 valence electrons. The van der Waals surface area contributed by atoms with E-state index in [1.807, 2.05) is 20.8 Å². The Labute approximate surface area is 120 Å². The largest absolute Gasteiger partial charge is 0.375 e.